The third-order valence-corrected chi connectivity index (χ3v) is 5.79. The number of rotatable bonds is 3. The molecule has 6 heteroatoms. The highest BCUT2D eigenvalue weighted by molar-refractivity contribution is 5.93. The number of aryl methyl sites for hydroxylation is 1. The van der Waals surface area contributed by atoms with Crippen LogP contribution >= 0.6 is 0 Å². The van der Waals surface area contributed by atoms with Crippen molar-refractivity contribution in [2.75, 3.05) is 25.4 Å². The number of hydrogen-bond donors (Lipinski definition) is 3. The molecule has 4 rings (SSSR count). The molecule has 2 aliphatic rings. The largest absolute Gasteiger partial charge is 0.399 e. The Kier molecular flexibility index (Phi) is 5.09. The van der Waals surface area contributed by atoms with Crippen LogP contribution in [0.15, 0.2) is 42.6 Å². The predicted octanol–water partition coefficient (Wildman–Crippen LogP) is 2.08. The van der Waals surface area contributed by atoms with E-state index in [-0.39, 0.29) is 5.91 Å². The Morgan fingerprint density at radius 3 is 2.85 bits per heavy atom. The standard InChI is InChI=1S/C21H27N5O/c1-14-4-6-15(7-5-14)18-12-24-25-20(18)16-3-2-10-26(13-16)21(27)19-11-17(22)8-9-23-19/h4-9,11,16,18,20,24-25H,2-3,10,12-13H2,1H3,(H2,22,23). The van der Waals surface area contributed by atoms with Crippen molar-refractivity contribution in [2.24, 2.45) is 5.92 Å². The maximum atomic E-state index is 12.9. The SMILES string of the molecule is Cc1ccc(C2CNNC2C2CCCN(C(=O)c3cc(N)ccn3)C2)cc1. The summed E-state index contributed by atoms with van der Waals surface area (Å²) in [4.78, 5) is 19.0. The van der Waals surface area contributed by atoms with E-state index >= 15 is 0 Å². The summed E-state index contributed by atoms with van der Waals surface area (Å²) < 4.78 is 0. The van der Waals surface area contributed by atoms with Gasteiger partial charge in [0.05, 0.1) is 0 Å². The molecule has 1 aromatic heterocycles. The molecule has 0 saturated carbocycles. The third kappa shape index (κ3) is 3.82. The molecule has 0 bridgehead atoms. The molecular weight excluding hydrogens is 338 g/mol. The van der Waals surface area contributed by atoms with Crippen molar-refractivity contribution >= 4 is 11.6 Å². The van der Waals surface area contributed by atoms with Crippen LogP contribution in [0.5, 0.6) is 0 Å². The summed E-state index contributed by atoms with van der Waals surface area (Å²) in [6.07, 6.45) is 3.73. The van der Waals surface area contributed by atoms with Crippen LogP contribution in [0.1, 0.15) is 40.4 Å². The molecule has 0 aliphatic carbocycles. The van der Waals surface area contributed by atoms with Gasteiger partial charge in [0.25, 0.3) is 5.91 Å². The molecule has 4 N–H and O–H groups in total. The van der Waals surface area contributed by atoms with Crippen LogP contribution in [0, 0.1) is 12.8 Å². The predicted molar refractivity (Wildman–Crippen MR) is 106 cm³/mol. The minimum Gasteiger partial charge on any atom is -0.399 e. The van der Waals surface area contributed by atoms with Crippen molar-refractivity contribution in [2.45, 2.75) is 31.7 Å². The van der Waals surface area contributed by atoms with Crippen molar-refractivity contribution in [3.8, 4) is 0 Å². The van der Waals surface area contributed by atoms with Crippen LogP contribution < -0.4 is 16.6 Å². The fourth-order valence-electron chi connectivity index (χ4n) is 4.31. The topological polar surface area (TPSA) is 83.3 Å². The number of nitrogen functional groups attached to an aromatic ring is 1. The quantitative estimate of drug-likeness (QED) is 0.776. The van der Waals surface area contributed by atoms with E-state index in [0.717, 1.165) is 32.5 Å². The molecule has 0 spiro atoms. The zero-order chi connectivity index (χ0) is 18.8. The minimum atomic E-state index is -0.0233. The average Bonchev–Trinajstić information content (AvgIpc) is 3.18. The van der Waals surface area contributed by atoms with Crippen LogP contribution in [0.2, 0.25) is 0 Å². The van der Waals surface area contributed by atoms with Gasteiger partial charge >= 0.3 is 0 Å². The van der Waals surface area contributed by atoms with Gasteiger partial charge in [-0.3, -0.25) is 20.6 Å². The number of hydrazine groups is 1. The Labute approximate surface area is 160 Å². The van der Waals surface area contributed by atoms with Gasteiger partial charge in [0, 0.05) is 43.5 Å². The van der Waals surface area contributed by atoms with Gasteiger partial charge in [0.15, 0.2) is 0 Å². The van der Waals surface area contributed by atoms with Crippen molar-refractivity contribution in [3.63, 3.8) is 0 Å². The van der Waals surface area contributed by atoms with Gasteiger partial charge in [-0.25, -0.2) is 0 Å². The monoisotopic (exact) mass is 365 g/mol. The number of piperidine rings is 1. The number of amides is 1. The molecule has 2 fully saturated rings. The molecular formula is C21H27N5O. The summed E-state index contributed by atoms with van der Waals surface area (Å²) >= 11 is 0. The van der Waals surface area contributed by atoms with Crippen LogP contribution in [-0.4, -0.2) is 41.5 Å². The number of pyridine rings is 1. The van der Waals surface area contributed by atoms with Gasteiger partial charge in [-0.15, -0.1) is 0 Å². The first-order chi connectivity index (χ1) is 13.1. The number of carbonyl (C=O) groups is 1. The van der Waals surface area contributed by atoms with Crippen molar-refractivity contribution < 1.29 is 4.79 Å². The van der Waals surface area contributed by atoms with Crippen LogP contribution in [0.4, 0.5) is 5.69 Å². The van der Waals surface area contributed by atoms with Crippen LogP contribution in [0.3, 0.4) is 0 Å². The van der Waals surface area contributed by atoms with E-state index in [0.29, 0.717) is 29.3 Å². The van der Waals surface area contributed by atoms with E-state index in [2.05, 4.69) is 47.0 Å². The van der Waals surface area contributed by atoms with E-state index in [1.54, 1.807) is 18.3 Å². The van der Waals surface area contributed by atoms with Gasteiger partial charge in [0.2, 0.25) is 0 Å². The molecule has 3 unspecified atom stereocenters. The Morgan fingerprint density at radius 1 is 1.26 bits per heavy atom. The lowest BCUT2D eigenvalue weighted by Gasteiger charge is -2.37. The van der Waals surface area contributed by atoms with E-state index < -0.39 is 0 Å². The van der Waals surface area contributed by atoms with Gasteiger partial charge in [-0.1, -0.05) is 29.8 Å². The van der Waals surface area contributed by atoms with E-state index in [1.165, 1.54) is 11.1 Å². The van der Waals surface area contributed by atoms with Crippen molar-refractivity contribution in [3.05, 3.63) is 59.4 Å². The Hall–Kier alpha value is -2.44. The zero-order valence-electron chi connectivity index (χ0n) is 15.7. The second-order valence-corrected chi connectivity index (χ2v) is 7.70. The first-order valence-corrected chi connectivity index (χ1v) is 9.67. The highest BCUT2D eigenvalue weighted by Gasteiger charge is 2.37. The minimum absolute atomic E-state index is 0.0233. The summed E-state index contributed by atoms with van der Waals surface area (Å²) in [5.74, 6) is 0.797. The number of benzene rings is 1. The molecule has 1 amide bonds. The van der Waals surface area contributed by atoms with Crippen LogP contribution in [0.25, 0.3) is 0 Å². The molecule has 1 aromatic carbocycles. The number of aromatic nitrogens is 1. The fourth-order valence-corrected chi connectivity index (χ4v) is 4.31. The third-order valence-electron chi connectivity index (χ3n) is 5.79. The second kappa shape index (κ2) is 7.66. The highest BCUT2D eigenvalue weighted by atomic mass is 16.2. The normalized spacial score (nSPS) is 25.5. The number of likely N-dealkylation sites (tertiary alicyclic amines) is 1. The summed E-state index contributed by atoms with van der Waals surface area (Å²) in [6.45, 7) is 4.55. The zero-order valence-corrected chi connectivity index (χ0v) is 15.7. The molecule has 2 aromatic rings. The number of nitrogens with two attached hydrogens (primary N) is 1. The maximum Gasteiger partial charge on any atom is 0.272 e. The fraction of sp³-hybridized carbons (Fsp3) is 0.429. The average molecular weight is 365 g/mol. The Bertz CT molecular complexity index is 806. The number of nitrogens with zero attached hydrogens (tertiary/aromatic N) is 2. The molecule has 0 radical (unpaired) electrons. The first-order valence-electron chi connectivity index (χ1n) is 9.67. The van der Waals surface area contributed by atoms with Gasteiger partial charge < -0.3 is 10.6 Å². The Balaban J connectivity index is 1.49. The Morgan fingerprint density at radius 2 is 2.07 bits per heavy atom. The molecule has 6 nitrogen and oxygen atoms in total. The first kappa shape index (κ1) is 17.9. The number of nitrogens with one attached hydrogen (secondary N) is 2. The van der Waals surface area contributed by atoms with E-state index in [4.69, 9.17) is 5.73 Å². The summed E-state index contributed by atoms with van der Waals surface area (Å²) in [6, 6.07) is 12.5. The van der Waals surface area contributed by atoms with Crippen molar-refractivity contribution in [1.82, 2.24) is 20.7 Å². The van der Waals surface area contributed by atoms with Gasteiger partial charge in [-0.05, 0) is 43.4 Å². The van der Waals surface area contributed by atoms with Crippen molar-refractivity contribution in [1.29, 1.82) is 0 Å². The van der Waals surface area contributed by atoms with E-state index in [9.17, 15) is 4.79 Å². The van der Waals surface area contributed by atoms with E-state index in [1.807, 2.05) is 4.90 Å². The molecule has 2 saturated heterocycles. The lowest BCUT2D eigenvalue weighted by molar-refractivity contribution is 0.0638. The molecule has 142 valence electrons. The summed E-state index contributed by atoms with van der Waals surface area (Å²) in [5, 5.41) is 0. The number of anilines is 1. The van der Waals surface area contributed by atoms with Crippen LogP contribution in [-0.2, 0) is 0 Å². The molecule has 3 heterocycles. The summed E-state index contributed by atoms with van der Waals surface area (Å²) in [5.41, 5.74) is 16.3. The van der Waals surface area contributed by atoms with Gasteiger partial charge in [0.1, 0.15) is 5.69 Å². The van der Waals surface area contributed by atoms with Gasteiger partial charge in [-0.2, -0.15) is 0 Å². The lowest BCUT2D eigenvalue weighted by Crippen LogP contribution is -2.48. The second-order valence-electron chi connectivity index (χ2n) is 7.70. The number of carbonyl (C=O) groups excluding carboxylic acids is 1. The molecule has 2 aliphatic heterocycles. The number of hydrogen-bond acceptors (Lipinski definition) is 5. The summed E-state index contributed by atoms with van der Waals surface area (Å²) in [7, 11) is 0. The maximum absolute atomic E-state index is 12.9. The smallest absolute Gasteiger partial charge is 0.272 e. The molecule has 27 heavy (non-hydrogen) atoms. The lowest BCUT2D eigenvalue weighted by atomic mass is 9.81. The molecule has 3 atom stereocenters. The highest BCUT2D eigenvalue weighted by Crippen LogP contribution is 2.32.